The van der Waals surface area contributed by atoms with Crippen molar-refractivity contribution in [2.75, 3.05) is 6.54 Å². The van der Waals surface area contributed by atoms with Crippen molar-refractivity contribution in [1.82, 2.24) is 14.9 Å². The first-order valence-corrected chi connectivity index (χ1v) is 5.17. The van der Waals surface area contributed by atoms with Crippen LogP contribution in [0.25, 0.3) is 0 Å². The van der Waals surface area contributed by atoms with Crippen molar-refractivity contribution in [2.45, 2.75) is 17.9 Å². The highest BCUT2D eigenvalue weighted by Crippen LogP contribution is 2.03. The molecule has 0 amide bonds. The monoisotopic (exact) mass is 205 g/mol. The third kappa shape index (κ3) is 2.79. The standard InChI is InChI=1S/C6H11N3O3S/c1-5(10)2-9-13(11,12)6-3-7-8-4-6/h3-5,9-10H,2H2,1H3,(H,7,8). The number of aliphatic hydroxyl groups excluding tert-OH is 1. The molecular formula is C6H11N3O3S. The zero-order valence-electron chi connectivity index (χ0n) is 7.06. The maximum atomic E-state index is 11.3. The first-order valence-electron chi connectivity index (χ1n) is 3.69. The second kappa shape index (κ2) is 3.86. The molecule has 6 nitrogen and oxygen atoms in total. The van der Waals surface area contributed by atoms with Crippen molar-refractivity contribution >= 4 is 10.0 Å². The molecule has 1 rings (SSSR count). The Morgan fingerprint density at radius 1 is 1.77 bits per heavy atom. The number of rotatable bonds is 4. The molecule has 0 bridgehead atoms. The molecule has 1 aromatic rings. The molecule has 7 heteroatoms. The lowest BCUT2D eigenvalue weighted by Gasteiger charge is -2.05. The van der Waals surface area contributed by atoms with Crippen LogP contribution in [0.3, 0.4) is 0 Å². The molecule has 0 spiro atoms. The van der Waals surface area contributed by atoms with E-state index in [4.69, 9.17) is 5.11 Å². The van der Waals surface area contributed by atoms with Gasteiger partial charge in [-0.25, -0.2) is 13.1 Å². The molecule has 0 aliphatic carbocycles. The van der Waals surface area contributed by atoms with Crippen LogP contribution in [0.15, 0.2) is 17.3 Å². The summed E-state index contributed by atoms with van der Waals surface area (Å²) in [6.07, 6.45) is 1.76. The minimum atomic E-state index is -3.52. The van der Waals surface area contributed by atoms with Crippen molar-refractivity contribution in [1.29, 1.82) is 0 Å². The predicted molar refractivity (Wildman–Crippen MR) is 45.5 cm³/mol. The smallest absolute Gasteiger partial charge is 0.243 e. The van der Waals surface area contributed by atoms with Gasteiger partial charge in [0.25, 0.3) is 0 Å². The first kappa shape index (κ1) is 10.2. The molecule has 3 N–H and O–H groups in total. The van der Waals surface area contributed by atoms with E-state index >= 15 is 0 Å². The van der Waals surface area contributed by atoms with Crippen LogP contribution in [0.5, 0.6) is 0 Å². The minimum absolute atomic E-state index is 0.00644. The molecule has 0 saturated heterocycles. The van der Waals surface area contributed by atoms with Gasteiger partial charge < -0.3 is 5.11 Å². The first-order chi connectivity index (χ1) is 6.02. The van der Waals surface area contributed by atoms with Crippen LogP contribution in [0.2, 0.25) is 0 Å². The number of sulfonamides is 1. The van der Waals surface area contributed by atoms with Crippen molar-refractivity contribution in [3.8, 4) is 0 Å². The Hall–Kier alpha value is -0.920. The fourth-order valence-electron chi connectivity index (χ4n) is 0.700. The second-order valence-corrected chi connectivity index (χ2v) is 4.40. The molecule has 1 aromatic heterocycles. The highest BCUT2D eigenvalue weighted by atomic mass is 32.2. The molecule has 0 aliphatic heterocycles. The van der Waals surface area contributed by atoms with Gasteiger partial charge in [-0.1, -0.05) is 0 Å². The maximum absolute atomic E-state index is 11.3. The molecule has 13 heavy (non-hydrogen) atoms. The summed E-state index contributed by atoms with van der Waals surface area (Å²) in [5.41, 5.74) is 0. The topological polar surface area (TPSA) is 95.1 Å². The Kier molecular flexibility index (Phi) is 3.02. The summed E-state index contributed by atoms with van der Waals surface area (Å²) in [6, 6.07) is 0. The zero-order valence-corrected chi connectivity index (χ0v) is 7.87. The predicted octanol–water partition coefficient (Wildman–Crippen LogP) is -0.931. The lowest BCUT2D eigenvalue weighted by molar-refractivity contribution is 0.198. The third-order valence-electron chi connectivity index (χ3n) is 1.35. The molecule has 0 radical (unpaired) electrons. The molecule has 0 aliphatic rings. The van der Waals surface area contributed by atoms with E-state index in [1.807, 2.05) is 0 Å². The number of aromatic amines is 1. The summed E-state index contributed by atoms with van der Waals surface area (Å²) in [6.45, 7) is 1.49. The summed E-state index contributed by atoms with van der Waals surface area (Å²) in [4.78, 5) is 0.0631. The van der Waals surface area contributed by atoms with Gasteiger partial charge in [0, 0.05) is 12.7 Å². The van der Waals surface area contributed by atoms with E-state index in [2.05, 4.69) is 14.9 Å². The van der Waals surface area contributed by atoms with E-state index in [-0.39, 0.29) is 11.4 Å². The summed E-state index contributed by atoms with van der Waals surface area (Å²) in [5.74, 6) is 0. The Bertz CT molecular complexity index is 343. The van der Waals surface area contributed by atoms with Gasteiger partial charge in [0.05, 0.1) is 12.3 Å². The van der Waals surface area contributed by atoms with Gasteiger partial charge >= 0.3 is 0 Å². The van der Waals surface area contributed by atoms with Crippen molar-refractivity contribution in [3.05, 3.63) is 12.4 Å². The number of nitrogens with zero attached hydrogens (tertiary/aromatic N) is 1. The summed E-state index contributed by atoms with van der Waals surface area (Å²) >= 11 is 0. The largest absolute Gasteiger partial charge is 0.392 e. The highest BCUT2D eigenvalue weighted by molar-refractivity contribution is 7.89. The number of nitrogens with one attached hydrogen (secondary N) is 2. The Morgan fingerprint density at radius 2 is 2.46 bits per heavy atom. The molecule has 74 valence electrons. The zero-order chi connectivity index (χ0) is 9.90. The minimum Gasteiger partial charge on any atom is -0.392 e. The second-order valence-electron chi connectivity index (χ2n) is 2.63. The van der Waals surface area contributed by atoms with Crippen molar-refractivity contribution in [2.24, 2.45) is 0 Å². The van der Waals surface area contributed by atoms with Gasteiger partial charge in [0.1, 0.15) is 4.90 Å². The van der Waals surface area contributed by atoms with Crippen LogP contribution in [0.1, 0.15) is 6.92 Å². The van der Waals surface area contributed by atoms with Gasteiger partial charge in [-0.05, 0) is 6.92 Å². The molecule has 0 fully saturated rings. The Labute approximate surface area is 76.0 Å². The van der Waals surface area contributed by atoms with E-state index in [9.17, 15) is 8.42 Å². The number of hydrogen-bond acceptors (Lipinski definition) is 4. The molecule has 1 heterocycles. The number of aromatic nitrogens is 2. The number of H-pyrrole nitrogens is 1. The van der Waals surface area contributed by atoms with Gasteiger partial charge in [0.2, 0.25) is 10.0 Å². The van der Waals surface area contributed by atoms with Gasteiger partial charge in [0.15, 0.2) is 0 Å². The van der Waals surface area contributed by atoms with E-state index < -0.39 is 16.1 Å². The van der Waals surface area contributed by atoms with Crippen LogP contribution >= 0.6 is 0 Å². The van der Waals surface area contributed by atoms with Crippen LogP contribution in [-0.4, -0.2) is 36.4 Å². The molecular weight excluding hydrogens is 194 g/mol. The third-order valence-corrected chi connectivity index (χ3v) is 2.74. The normalized spacial score (nSPS) is 14.3. The molecule has 0 saturated carbocycles. The quantitative estimate of drug-likeness (QED) is 0.591. The van der Waals surface area contributed by atoms with E-state index in [1.165, 1.54) is 19.3 Å². The SMILES string of the molecule is CC(O)CNS(=O)(=O)c1cn[nH]c1. The lowest BCUT2D eigenvalue weighted by atomic mass is 10.4. The summed E-state index contributed by atoms with van der Waals surface area (Å²) in [7, 11) is -3.52. The van der Waals surface area contributed by atoms with Crippen LogP contribution in [0, 0.1) is 0 Å². The highest BCUT2D eigenvalue weighted by Gasteiger charge is 2.14. The molecule has 0 aromatic carbocycles. The van der Waals surface area contributed by atoms with E-state index in [0.717, 1.165) is 0 Å². The van der Waals surface area contributed by atoms with Crippen LogP contribution in [-0.2, 0) is 10.0 Å². The lowest BCUT2D eigenvalue weighted by Crippen LogP contribution is -2.30. The fraction of sp³-hybridized carbons (Fsp3) is 0.500. The van der Waals surface area contributed by atoms with Crippen LogP contribution < -0.4 is 4.72 Å². The molecule has 1 unspecified atom stereocenters. The summed E-state index contributed by atoms with van der Waals surface area (Å²) in [5, 5.41) is 14.8. The average Bonchev–Trinajstić information content (AvgIpc) is 2.53. The van der Waals surface area contributed by atoms with E-state index in [1.54, 1.807) is 0 Å². The summed E-state index contributed by atoms with van der Waals surface area (Å²) < 4.78 is 24.9. The Morgan fingerprint density at radius 3 is 2.92 bits per heavy atom. The van der Waals surface area contributed by atoms with Crippen molar-refractivity contribution < 1.29 is 13.5 Å². The van der Waals surface area contributed by atoms with Gasteiger partial charge in [-0.3, -0.25) is 5.10 Å². The number of hydrogen-bond donors (Lipinski definition) is 3. The van der Waals surface area contributed by atoms with Crippen molar-refractivity contribution in [3.63, 3.8) is 0 Å². The Balaban J connectivity index is 2.68. The van der Waals surface area contributed by atoms with Crippen LogP contribution in [0.4, 0.5) is 0 Å². The van der Waals surface area contributed by atoms with E-state index in [0.29, 0.717) is 0 Å². The maximum Gasteiger partial charge on any atom is 0.243 e. The molecule has 1 atom stereocenters. The fourth-order valence-corrected chi connectivity index (χ4v) is 1.73. The van der Waals surface area contributed by atoms with Gasteiger partial charge in [-0.2, -0.15) is 5.10 Å². The van der Waals surface area contributed by atoms with Gasteiger partial charge in [-0.15, -0.1) is 0 Å². The average molecular weight is 205 g/mol. The number of aliphatic hydroxyl groups is 1.